The minimum atomic E-state index is -0.695. The number of carbonyl (C=O) groups is 2. The fourth-order valence-corrected chi connectivity index (χ4v) is 4.31. The van der Waals surface area contributed by atoms with Crippen LogP contribution in [-0.2, 0) is 9.59 Å². The Bertz CT molecular complexity index is 1180. The minimum Gasteiger partial charge on any atom is -0.476 e. The van der Waals surface area contributed by atoms with Crippen molar-refractivity contribution in [2.45, 2.75) is 25.4 Å². The summed E-state index contributed by atoms with van der Waals surface area (Å²) in [6, 6.07) is 19.1. The van der Waals surface area contributed by atoms with Crippen LogP contribution in [0.5, 0.6) is 5.75 Å². The molecule has 0 saturated carbocycles. The van der Waals surface area contributed by atoms with Crippen LogP contribution in [-0.4, -0.2) is 47.4 Å². The summed E-state index contributed by atoms with van der Waals surface area (Å²) in [4.78, 5) is 34.3. The normalized spacial score (nSPS) is 18.4. The third-order valence-electron chi connectivity index (χ3n) is 6.00. The van der Waals surface area contributed by atoms with Gasteiger partial charge in [0.1, 0.15) is 5.75 Å². The first-order chi connectivity index (χ1) is 15.7. The number of likely N-dealkylation sites (tertiary alicyclic amines) is 1. The lowest BCUT2D eigenvalue weighted by molar-refractivity contribution is -0.139. The number of pyridine rings is 1. The Morgan fingerprint density at radius 3 is 2.59 bits per heavy atom. The van der Waals surface area contributed by atoms with Crippen molar-refractivity contribution >= 4 is 34.5 Å². The molecule has 2 amide bonds. The van der Waals surface area contributed by atoms with Gasteiger partial charge in [-0.15, -0.1) is 0 Å². The van der Waals surface area contributed by atoms with E-state index in [0.717, 1.165) is 43.3 Å². The van der Waals surface area contributed by atoms with Crippen molar-refractivity contribution in [1.29, 1.82) is 0 Å². The Hall–Kier alpha value is -3.67. The Morgan fingerprint density at radius 2 is 1.72 bits per heavy atom. The predicted octanol–water partition coefficient (Wildman–Crippen LogP) is 4.05. The third-order valence-corrected chi connectivity index (χ3v) is 6.00. The second-order valence-corrected chi connectivity index (χ2v) is 8.17. The SMILES string of the molecule is O=C(C1CN(C(=O)C=Cc2ccc3ccccc3n2)c2ccccc2O1)N1CCCCC1. The molecule has 1 fully saturated rings. The van der Waals surface area contributed by atoms with E-state index in [9.17, 15) is 9.59 Å². The molecule has 0 N–H and O–H groups in total. The molecule has 162 valence electrons. The van der Waals surface area contributed by atoms with Crippen LogP contribution in [0, 0.1) is 0 Å². The molecule has 0 aliphatic carbocycles. The summed E-state index contributed by atoms with van der Waals surface area (Å²) < 4.78 is 6.02. The number of piperidine rings is 1. The molecule has 6 nitrogen and oxygen atoms in total. The molecule has 6 heteroatoms. The van der Waals surface area contributed by atoms with E-state index < -0.39 is 6.10 Å². The number of rotatable bonds is 3. The van der Waals surface area contributed by atoms with Gasteiger partial charge in [-0.25, -0.2) is 4.98 Å². The number of fused-ring (bicyclic) bond motifs is 2. The molecule has 3 aromatic rings. The first kappa shape index (κ1) is 20.2. The molecule has 1 saturated heterocycles. The lowest BCUT2D eigenvalue weighted by Gasteiger charge is -2.37. The van der Waals surface area contributed by atoms with Gasteiger partial charge in [0.25, 0.3) is 11.8 Å². The number of hydrogen-bond donors (Lipinski definition) is 0. The molecule has 32 heavy (non-hydrogen) atoms. The van der Waals surface area contributed by atoms with E-state index in [0.29, 0.717) is 17.1 Å². The van der Waals surface area contributed by atoms with Crippen molar-refractivity contribution in [3.63, 3.8) is 0 Å². The summed E-state index contributed by atoms with van der Waals surface area (Å²) in [5, 5.41) is 1.05. The van der Waals surface area contributed by atoms with Crippen molar-refractivity contribution in [2.24, 2.45) is 0 Å². The fraction of sp³-hybridized carbons (Fsp3) is 0.269. The molecule has 0 radical (unpaired) electrons. The smallest absolute Gasteiger partial charge is 0.265 e. The average Bonchev–Trinajstić information content (AvgIpc) is 2.86. The number of anilines is 1. The zero-order chi connectivity index (χ0) is 21.9. The maximum atomic E-state index is 13.2. The number of carbonyl (C=O) groups excluding carboxylic acids is 2. The summed E-state index contributed by atoms with van der Waals surface area (Å²) in [6.45, 7) is 1.70. The van der Waals surface area contributed by atoms with Crippen LogP contribution in [0.25, 0.3) is 17.0 Å². The predicted molar refractivity (Wildman–Crippen MR) is 124 cm³/mol. The molecule has 2 aliphatic heterocycles. The van der Waals surface area contributed by atoms with Crippen LogP contribution in [0.15, 0.2) is 66.7 Å². The minimum absolute atomic E-state index is 0.0443. The molecule has 2 aromatic carbocycles. The van der Waals surface area contributed by atoms with Gasteiger partial charge in [0.15, 0.2) is 6.10 Å². The number of benzene rings is 2. The zero-order valence-electron chi connectivity index (χ0n) is 17.8. The Kier molecular flexibility index (Phi) is 5.58. The fourth-order valence-electron chi connectivity index (χ4n) is 4.31. The van der Waals surface area contributed by atoms with Gasteiger partial charge in [0.2, 0.25) is 0 Å². The molecular weight excluding hydrogens is 402 g/mol. The highest BCUT2D eigenvalue weighted by Gasteiger charge is 2.35. The molecule has 1 aromatic heterocycles. The molecule has 1 atom stereocenters. The summed E-state index contributed by atoms with van der Waals surface area (Å²) in [5.74, 6) is 0.309. The second kappa shape index (κ2) is 8.83. The van der Waals surface area contributed by atoms with Gasteiger partial charge in [-0.2, -0.15) is 0 Å². The van der Waals surface area contributed by atoms with E-state index in [2.05, 4.69) is 4.98 Å². The number of para-hydroxylation sites is 3. The first-order valence-corrected chi connectivity index (χ1v) is 11.1. The average molecular weight is 428 g/mol. The largest absolute Gasteiger partial charge is 0.476 e. The van der Waals surface area contributed by atoms with Gasteiger partial charge in [-0.05, 0) is 49.6 Å². The highest BCUT2D eigenvalue weighted by Crippen LogP contribution is 2.34. The molecule has 2 aliphatic rings. The lowest BCUT2D eigenvalue weighted by atomic mass is 10.1. The van der Waals surface area contributed by atoms with E-state index in [4.69, 9.17) is 4.74 Å². The highest BCUT2D eigenvalue weighted by molar-refractivity contribution is 6.05. The number of hydrogen-bond acceptors (Lipinski definition) is 4. The van der Waals surface area contributed by atoms with Crippen molar-refractivity contribution in [3.8, 4) is 5.75 Å². The van der Waals surface area contributed by atoms with Crippen molar-refractivity contribution in [2.75, 3.05) is 24.5 Å². The van der Waals surface area contributed by atoms with Crippen LogP contribution >= 0.6 is 0 Å². The topological polar surface area (TPSA) is 62.7 Å². The molecular formula is C26H25N3O3. The van der Waals surface area contributed by atoms with Gasteiger partial charge in [0.05, 0.1) is 23.4 Å². The number of amides is 2. The lowest BCUT2D eigenvalue weighted by Crippen LogP contribution is -2.52. The van der Waals surface area contributed by atoms with Crippen LogP contribution in [0.4, 0.5) is 5.69 Å². The second-order valence-electron chi connectivity index (χ2n) is 8.17. The van der Waals surface area contributed by atoms with Crippen LogP contribution < -0.4 is 9.64 Å². The van der Waals surface area contributed by atoms with Gasteiger partial charge in [0, 0.05) is 24.6 Å². The molecule has 1 unspecified atom stereocenters. The third kappa shape index (κ3) is 4.08. The van der Waals surface area contributed by atoms with Crippen LogP contribution in [0.2, 0.25) is 0 Å². The molecule has 5 rings (SSSR count). The maximum Gasteiger partial charge on any atom is 0.265 e. The van der Waals surface area contributed by atoms with E-state index in [-0.39, 0.29) is 18.4 Å². The highest BCUT2D eigenvalue weighted by atomic mass is 16.5. The summed E-state index contributed by atoms with van der Waals surface area (Å²) in [7, 11) is 0. The van der Waals surface area contributed by atoms with Gasteiger partial charge in [-0.3, -0.25) is 9.59 Å². The van der Waals surface area contributed by atoms with Crippen molar-refractivity contribution < 1.29 is 14.3 Å². The van der Waals surface area contributed by atoms with Crippen LogP contribution in [0.3, 0.4) is 0 Å². The quantitative estimate of drug-likeness (QED) is 0.592. The van der Waals surface area contributed by atoms with E-state index >= 15 is 0 Å². The first-order valence-electron chi connectivity index (χ1n) is 11.1. The van der Waals surface area contributed by atoms with E-state index in [1.807, 2.05) is 59.5 Å². The number of nitrogens with zero attached hydrogens (tertiary/aromatic N) is 3. The number of aromatic nitrogens is 1. The van der Waals surface area contributed by atoms with E-state index in [1.165, 1.54) is 6.08 Å². The van der Waals surface area contributed by atoms with Crippen molar-refractivity contribution in [1.82, 2.24) is 9.88 Å². The Labute approximate surface area is 187 Å². The maximum absolute atomic E-state index is 13.2. The molecule has 3 heterocycles. The van der Waals surface area contributed by atoms with Gasteiger partial charge < -0.3 is 14.5 Å². The Morgan fingerprint density at radius 1 is 0.938 bits per heavy atom. The molecule has 0 spiro atoms. The number of ether oxygens (including phenoxy) is 1. The van der Waals surface area contributed by atoms with Crippen molar-refractivity contribution in [3.05, 3.63) is 72.4 Å². The van der Waals surface area contributed by atoms with E-state index in [1.54, 1.807) is 17.0 Å². The summed E-state index contributed by atoms with van der Waals surface area (Å²) in [6.07, 6.45) is 5.71. The Balaban J connectivity index is 1.38. The van der Waals surface area contributed by atoms with Crippen LogP contribution in [0.1, 0.15) is 25.0 Å². The summed E-state index contributed by atoms with van der Waals surface area (Å²) >= 11 is 0. The summed E-state index contributed by atoms with van der Waals surface area (Å²) in [5.41, 5.74) is 2.27. The standard InChI is InChI=1S/C26H25N3O3/c30-25(15-14-20-13-12-19-8-2-3-9-21(19)27-20)29-18-24(26(31)28-16-6-1-7-17-28)32-23-11-5-4-10-22(23)29/h2-5,8-15,24H,1,6-7,16-18H2. The van der Waals surface area contributed by atoms with Gasteiger partial charge in [-0.1, -0.05) is 36.4 Å². The molecule has 0 bridgehead atoms. The monoisotopic (exact) mass is 427 g/mol. The van der Waals surface area contributed by atoms with Gasteiger partial charge >= 0.3 is 0 Å². The zero-order valence-corrected chi connectivity index (χ0v) is 17.8.